The van der Waals surface area contributed by atoms with Gasteiger partial charge in [-0.15, -0.1) is 0 Å². The van der Waals surface area contributed by atoms with Crippen LogP contribution in [-0.4, -0.2) is 26.3 Å². The highest BCUT2D eigenvalue weighted by Crippen LogP contribution is 2.14. The van der Waals surface area contributed by atoms with E-state index in [1.807, 2.05) is 18.2 Å². The van der Waals surface area contributed by atoms with Gasteiger partial charge in [0.15, 0.2) is 0 Å². The van der Waals surface area contributed by atoms with E-state index in [-0.39, 0.29) is 16.8 Å². The van der Waals surface area contributed by atoms with Crippen LogP contribution in [0.5, 0.6) is 0 Å². The summed E-state index contributed by atoms with van der Waals surface area (Å²) in [6.45, 7) is 3.07. The molecule has 0 spiro atoms. The topological polar surface area (TPSA) is 93.3 Å². The van der Waals surface area contributed by atoms with Gasteiger partial charge in [0, 0.05) is 18.7 Å². The molecule has 120 valence electrons. The number of carbonyl (C=O) groups excluding carboxylic acids is 1. The van der Waals surface area contributed by atoms with Gasteiger partial charge in [-0.05, 0) is 26.0 Å². The van der Waals surface area contributed by atoms with Crippen molar-refractivity contribution in [3.05, 3.63) is 58.0 Å². The predicted molar refractivity (Wildman–Crippen MR) is 85.8 cm³/mol. The molecule has 23 heavy (non-hydrogen) atoms. The summed E-state index contributed by atoms with van der Waals surface area (Å²) in [5.41, 5.74) is 0.982. The van der Waals surface area contributed by atoms with Gasteiger partial charge in [0.1, 0.15) is 5.69 Å². The number of carboxylic acids is 1. The SMILES string of the molecule is C/C(=C/C(=O)O)C(=O)Nc1c(C)n(C)n(-c2ccccc2)c1=O. The van der Waals surface area contributed by atoms with Crippen LogP contribution in [0.25, 0.3) is 5.69 Å². The number of carbonyl (C=O) groups is 2. The molecule has 0 unspecified atom stereocenters. The second kappa shape index (κ2) is 6.35. The van der Waals surface area contributed by atoms with Crippen molar-refractivity contribution < 1.29 is 14.7 Å². The Kier molecular flexibility index (Phi) is 4.49. The van der Waals surface area contributed by atoms with Crippen LogP contribution in [0.15, 0.2) is 46.8 Å². The first kappa shape index (κ1) is 16.3. The Labute approximate surface area is 132 Å². The Balaban J connectivity index is 2.45. The Morgan fingerprint density at radius 3 is 2.39 bits per heavy atom. The van der Waals surface area contributed by atoms with Gasteiger partial charge >= 0.3 is 5.97 Å². The second-order valence-electron chi connectivity index (χ2n) is 5.06. The first-order valence-corrected chi connectivity index (χ1v) is 6.89. The number of anilines is 1. The van der Waals surface area contributed by atoms with E-state index >= 15 is 0 Å². The highest BCUT2D eigenvalue weighted by Gasteiger charge is 2.18. The summed E-state index contributed by atoms with van der Waals surface area (Å²) in [5.74, 6) is -1.84. The number of carboxylic acid groups (broad SMARTS) is 1. The monoisotopic (exact) mass is 315 g/mol. The number of nitrogens with one attached hydrogen (secondary N) is 1. The summed E-state index contributed by atoms with van der Waals surface area (Å²) in [4.78, 5) is 35.2. The summed E-state index contributed by atoms with van der Waals surface area (Å²) >= 11 is 0. The first-order chi connectivity index (χ1) is 10.8. The molecule has 0 aliphatic carbocycles. The summed E-state index contributed by atoms with van der Waals surface area (Å²) in [7, 11) is 1.71. The summed E-state index contributed by atoms with van der Waals surface area (Å²) in [5, 5.41) is 11.2. The van der Waals surface area contributed by atoms with Crippen molar-refractivity contribution in [2.24, 2.45) is 7.05 Å². The number of aliphatic carboxylic acids is 1. The van der Waals surface area contributed by atoms with Crippen molar-refractivity contribution in [2.45, 2.75) is 13.8 Å². The lowest BCUT2D eigenvalue weighted by atomic mass is 10.2. The second-order valence-corrected chi connectivity index (χ2v) is 5.06. The van der Waals surface area contributed by atoms with Crippen molar-refractivity contribution in [1.29, 1.82) is 0 Å². The molecule has 2 N–H and O–H groups in total. The zero-order valence-electron chi connectivity index (χ0n) is 13.0. The number of hydrogen-bond acceptors (Lipinski definition) is 3. The van der Waals surface area contributed by atoms with Crippen molar-refractivity contribution in [1.82, 2.24) is 9.36 Å². The van der Waals surface area contributed by atoms with Gasteiger partial charge < -0.3 is 10.4 Å². The van der Waals surface area contributed by atoms with E-state index in [2.05, 4.69) is 5.32 Å². The van der Waals surface area contributed by atoms with E-state index in [4.69, 9.17) is 5.11 Å². The van der Waals surface area contributed by atoms with E-state index < -0.39 is 11.9 Å². The normalized spacial score (nSPS) is 11.3. The van der Waals surface area contributed by atoms with Crippen LogP contribution >= 0.6 is 0 Å². The molecule has 7 nitrogen and oxygen atoms in total. The van der Waals surface area contributed by atoms with Gasteiger partial charge in [0.25, 0.3) is 11.5 Å². The lowest BCUT2D eigenvalue weighted by molar-refractivity contribution is -0.131. The molecule has 0 fully saturated rings. The predicted octanol–water partition coefficient (Wildman–Crippen LogP) is 1.45. The molecule has 2 rings (SSSR count). The van der Waals surface area contributed by atoms with Crippen LogP contribution in [0.1, 0.15) is 12.6 Å². The van der Waals surface area contributed by atoms with Crippen LogP contribution in [0.3, 0.4) is 0 Å². The molecule has 7 heteroatoms. The third-order valence-electron chi connectivity index (χ3n) is 3.49. The van der Waals surface area contributed by atoms with Gasteiger partial charge in [-0.1, -0.05) is 18.2 Å². The van der Waals surface area contributed by atoms with E-state index in [1.165, 1.54) is 11.6 Å². The molecule has 0 saturated heterocycles. The smallest absolute Gasteiger partial charge is 0.328 e. The zero-order valence-corrected chi connectivity index (χ0v) is 13.0. The van der Waals surface area contributed by atoms with E-state index in [0.717, 1.165) is 6.08 Å². The quantitative estimate of drug-likeness (QED) is 0.835. The fourth-order valence-corrected chi connectivity index (χ4v) is 2.18. The maximum absolute atomic E-state index is 12.6. The molecule has 0 saturated carbocycles. The first-order valence-electron chi connectivity index (χ1n) is 6.89. The lowest BCUT2D eigenvalue weighted by Gasteiger charge is -2.07. The maximum atomic E-state index is 12.6. The van der Waals surface area contributed by atoms with Crippen LogP contribution in [0.4, 0.5) is 5.69 Å². The van der Waals surface area contributed by atoms with E-state index in [9.17, 15) is 14.4 Å². The third-order valence-corrected chi connectivity index (χ3v) is 3.49. The summed E-state index contributed by atoms with van der Waals surface area (Å²) in [6, 6.07) is 9.02. The minimum absolute atomic E-state index is 0.00594. The molecule has 1 amide bonds. The molecule has 1 aromatic heterocycles. The molecular weight excluding hydrogens is 298 g/mol. The fraction of sp³-hybridized carbons (Fsp3) is 0.188. The van der Waals surface area contributed by atoms with Gasteiger partial charge in [-0.3, -0.25) is 14.3 Å². The molecule has 0 radical (unpaired) electrons. The van der Waals surface area contributed by atoms with Crippen LogP contribution in [0, 0.1) is 6.92 Å². The van der Waals surface area contributed by atoms with Gasteiger partial charge in [0.05, 0.1) is 11.4 Å². The van der Waals surface area contributed by atoms with E-state index in [1.54, 1.807) is 30.8 Å². The molecule has 0 bridgehead atoms. The highest BCUT2D eigenvalue weighted by atomic mass is 16.4. The standard InChI is InChI=1S/C16H17N3O4/c1-10(9-13(20)21)15(22)17-14-11(2)18(3)19(16(14)23)12-7-5-4-6-8-12/h4-9H,1-3H3,(H,17,22)(H,20,21)/b10-9-. The molecule has 0 atom stereocenters. The Hall–Kier alpha value is -3.09. The largest absolute Gasteiger partial charge is 0.478 e. The zero-order chi connectivity index (χ0) is 17.1. The van der Waals surface area contributed by atoms with Crippen molar-refractivity contribution >= 4 is 17.6 Å². The molecule has 1 aromatic carbocycles. The lowest BCUT2D eigenvalue weighted by Crippen LogP contribution is -2.23. The number of hydrogen-bond donors (Lipinski definition) is 2. The van der Waals surface area contributed by atoms with Crippen molar-refractivity contribution in [3.8, 4) is 5.69 Å². The number of aromatic nitrogens is 2. The Morgan fingerprint density at radius 2 is 1.83 bits per heavy atom. The minimum atomic E-state index is -1.22. The van der Waals surface area contributed by atoms with Crippen LogP contribution in [-0.2, 0) is 16.6 Å². The van der Waals surface area contributed by atoms with E-state index in [0.29, 0.717) is 11.4 Å². The average Bonchev–Trinajstić information content (AvgIpc) is 2.71. The molecule has 1 heterocycles. The minimum Gasteiger partial charge on any atom is -0.478 e. The fourth-order valence-electron chi connectivity index (χ4n) is 2.18. The molecule has 0 aliphatic rings. The van der Waals surface area contributed by atoms with Crippen LogP contribution in [0.2, 0.25) is 0 Å². The number of benzene rings is 1. The third kappa shape index (κ3) is 3.23. The Bertz CT molecular complexity index is 844. The maximum Gasteiger partial charge on any atom is 0.328 e. The number of amides is 1. The van der Waals surface area contributed by atoms with Gasteiger partial charge in [0.2, 0.25) is 0 Å². The van der Waals surface area contributed by atoms with Crippen molar-refractivity contribution in [2.75, 3.05) is 5.32 Å². The number of rotatable bonds is 4. The molecule has 2 aromatic rings. The van der Waals surface area contributed by atoms with Gasteiger partial charge in [-0.2, -0.15) is 0 Å². The average molecular weight is 315 g/mol. The summed E-state index contributed by atoms with van der Waals surface area (Å²) in [6.07, 6.45) is 0.795. The van der Waals surface area contributed by atoms with Crippen molar-refractivity contribution in [3.63, 3.8) is 0 Å². The number of para-hydroxylation sites is 1. The highest BCUT2D eigenvalue weighted by molar-refractivity contribution is 6.06. The Morgan fingerprint density at radius 1 is 1.22 bits per heavy atom. The molecule has 0 aliphatic heterocycles. The van der Waals surface area contributed by atoms with Crippen LogP contribution < -0.4 is 10.9 Å². The summed E-state index contributed by atoms with van der Waals surface area (Å²) < 4.78 is 3.06. The number of nitrogens with zero attached hydrogens (tertiary/aromatic N) is 2. The molecular formula is C16H17N3O4. The van der Waals surface area contributed by atoms with Gasteiger partial charge in [-0.25, -0.2) is 9.48 Å².